The number of dihydropyridines is 1. The van der Waals surface area contributed by atoms with Gasteiger partial charge in [-0.05, 0) is 127 Å². The molecule has 0 bridgehead atoms. The van der Waals surface area contributed by atoms with Crippen molar-refractivity contribution < 1.29 is 53.7 Å². The van der Waals surface area contributed by atoms with Gasteiger partial charge in [0.05, 0.1) is 35.5 Å². The lowest BCUT2D eigenvalue weighted by Gasteiger charge is -2.34. The smallest absolute Gasteiger partial charge is 0.161 e. The molecule has 0 aliphatic carbocycles. The number of carbonyl (C=O) groups excluding carboxylic acids is 2. The highest BCUT2D eigenvalue weighted by atomic mass is 16.5. The molecule has 0 amide bonds. The summed E-state index contributed by atoms with van der Waals surface area (Å²) in [5.41, 5.74) is 6.26. The second-order valence-electron chi connectivity index (χ2n) is 15.0. The molecule has 0 unspecified atom stereocenters. The molecule has 12 nitrogen and oxygen atoms in total. The number of ether oxygens (including phenoxy) is 5. The van der Waals surface area contributed by atoms with Crippen LogP contribution in [-0.4, -0.2) is 67.5 Å². The number of carbonyl (C=O) groups is 2. The summed E-state index contributed by atoms with van der Waals surface area (Å²) in [5, 5.41) is 44.8. The Morgan fingerprint density at radius 1 is 0.452 bits per heavy atom. The maximum Gasteiger partial charge on any atom is 0.161 e. The quantitative estimate of drug-likeness (QED) is 0.0507. The summed E-state index contributed by atoms with van der Waals surface area (Å²) >= 11 is 0. The zero-order valence-electron chi connectivity index (χ0n) is 35.6. The molecule has 5 aromatic carbocycles. The summed E-state index contributed by atoms with van der Waals surface area (Å²) in [6.45, 7) is 0. The Bertz CT molecular complexity index is 2320. The Balaban J connectivity index is 1.48. The highest BCUT2D eigenvalue weighted by Crippen LogP contribution is 2.43. The molecule has 0 aromatic heterocycles. The molecular formula is C50H53NO11. The minimum absolute atomic E-state index is 0.00759. The van der Waals surface area contributed by atoms with E-state index < -0.39 is 5.92 Å². The largest absolute Gasteiger partial charge is 0.504 e. The number of hydrogen-bond donors (Lipinski definition) is 5. The van der Waals surface area contributed by atoms with E-state index in [2.05, 4.69) is 5.32 Å². The summed E-state index contributed by atoms with van der Waals surface area (Å²) in [7, 11) is 7.49. The molecule has 0 fully saturated rings. The van der Waals surface area contributed by atoms with Crippen molar-refractivity contribution in [1.82, 2.24) is 5.32 Å². The van der Waals surface area contributed by atoms with Crippen LogP contribution in [0.4, 0.5) is 0 Å². The molecule has 1 aliphatic rings. The van der Waals surface area contributed by atoms with Crippen LogP contribution in [0.25, 0.3) is 0 Å². The van der Waals surface area contributed by atoms with Crippen LogP contribution in [-0.2, 0) is 35.3 Å². The number of ketones is 2. The third-order valence-electron chi connectivity index (χ3n) is 11.2. The Labute approximate surface area is 361 Å². The molecule has 1 aliphatic heterocycles. The van der Waals surface area contributed by atoms with E-state index in [4.69, 9.17) is 23.7 Å². The highest BCUT2D eigenvalue weighted by molar-refractivity contribution is 6.05. The number of aromatic hydroxyl groups is 4. The van der Waals surface area contributed by atoms with Gasteiger partial charge < -0.3 is 49.4 Å². The van der Waals surface area contributed by atoms with Crippen LogP contribution < -0.4 is 29.0 Å². The van der Waals surface area contributed by atoms with Crippen LogP contribution in [0.15, 0.2) is 120 Å². The predicted octanol–water partition coefficient (Wildman–Crippen LogP) is 8.42. The van der Waals surface area contributed by atoms with Crippen molar-refractivity contribution in [3.8, 4) is 51.7 Å². The van der Waals surface area contributed by atoms with Gasteiger partial charge in [0.25, 0.3) is 0 Å². The average Bonchev–Trinajstić information content (AvgIpc) is 3.29. The number of methoxy groups -OCH3 is 5. The minimum atomic E-state index is -0.778. The standard InChI is InChI=1S/C50H53NO11/c1-58-35-16-14-34(15-17-35)48-49(42(56)24-12-32-10-22-40(54)46(28-32)61-4)36(18-6-30-8-20-38(52)44(26-30)59-2)51-37(19-7-31-9-21-39(53)45(27-31)60-3)50(48)43(57)25-13-33-11-23-41(55)47(29-33)62-5/h8-11,14-17,20-23,26-29,48,51-55H,6-7,12-13,18-19,24-25H2,1-5H3. The van der Waals surface area contributed by atoms with E-state index in [-0.39, 0.29) is 47.4 Å². The normalized spacial score (nSPS) is 12.8. The summed E-state index contributed by atoms with van der Waals surface area (Å²) in [6.07, 6.45) is 2.53. The third-order valence-corrected chi connectivity index (χ3v) is 11.2. The van der Waals surface area contributed by atoms with Crippen LogP contribution in [0.1, 0.15) is 59.4 Å². The fraction of sp³-hybridized carbons (Fsp3) is 0.280. The van der Waals surface area contributed by atoms with Gasteiger partial charge in [-0.25, -0.2) is 0 Å². The number of nitrogens with one attached hydrogen (secondary N) is 1. The van der Waals surface area contributed by atoms with E-state index in [1.807, 2.05) is 36.4 Å². The number of allylic oxidation sites excluding steroid dienone is 4. The number of Topliss-reactive ketones (excluding diaryl/α,β-unsaturated/α-hetero) is 2. The second kappa shape index (κ2) is 20.5. The van der Waals surface area contributed by atoms with Gasteiger partial charge in [-0.3, -0.25) is 9.59 Å². The average molecular weight is 844 g/mol. The molecule has 0 saturated heterocycles. The molecule has 0 radical (unpaired) electrons. The molecule has 5 aromatic rings. The molecule has 5 N–H and O–H groups in total. The zero-order valence-corrected chi connectivity index (χ0v) is 35.6. The molecule has 12 heteroatoms. The van der Waals surface area contributed by atoms with Gasteiger partial charge in [-0.15, -0.1) is 0 Å². The number of aryl methyl sites for hydroxylation is 4. The lowest BCUT2D eigenvalue weighted by atomic mass is 9.74. The van der Waals surface area contributed by atoms with Crippen LogP contribution in [0.3, 0.4) is 0 Å². The zero-order chi connectivity index (χ0) is 44.3. The van der Waals surface area contributed by atoms with Crippen LogP contribution in [0.2, 0.25) is 0 Å². The van der Waals surface area contributed by atoms with Gasteiger partial charge >= 0.3 is 0 Å². The lowest BCUT2D eigenvalue weighted by molar-refractivity contribution is -0.116. The number of rotatable bonds is 20. The minimum Gasteiger partial charge on any atom is -0.504 e. The summed E-state index contributed by atoms with van der Waals surface area (Å²) in [4.78, 5) is 30.1. The Hall–Kier alpha value is -7.08. The van der Waals surface area contributed by atoms with E-state index in [0.717, 1.165) is 27.8 Å². The fourth-order valence-corrected chi connectivity index (χ4v) is 7.83. The molecule has 62 heavy (non-hydrogen) atoms. The number of hydrogen-bond acceptors (Lipinski definition) is 12. The first-order valence-corrected chi connectivity index (χ1v) is 20.3. The molecular weight excluding hydrogens is 791 g/mol. The predicted molar refractivity (Wildman–Crippen MR) is 235 cm³/mol. The summed E-state index contributed by atoms with van der Waals surface area (Å²) in [5.74, 6) is 0.761. The van der Waals surface area contributed by atoms with Gasteiger partial charge in [0.1, 0.15) is 5.75 Å². The van der Waals surface area contributed by atoms with Crippen LogP contribution in [0.5, 0.6) is 51.7 Å². The number of phenols is 4. The van der Waals surface area contributed by atoms with E-state index in [0.29, 0.717) is 89.8 Å². The number of benzene rings is 5. The molecule has 324 valence electrons. The first-order chi connectivity index (χ1) is 30.0. The fourth-order valence-electron chi connectivity index (χ4n) is 7.83. The Morgan fingerprint density at radius 2 is 0.790 bits per heavy atom. The van der Waals surface area contributed by atoms with Gasteiger partial charge in [0, 0.05) is 41.3 Å². The molecule has 0 atom stereocenters. The Morgan fingerprint density at radius 3 is 1.11 bits per heavy atom. The van der Waals surface area contributed by atoms with Crippen LogP contribution in [0, 0.1) is 0 Å². The number of phenolic OH excluding ortho intramolecular Hbond substituents is 4. The highest BCUT2D eigenvalue weighted by Gasteiger charge is 2.38. The molecule has 0 spiro atoms. The first kappa shape index (κ1) is 44.5. The summed E-state index contributed by atoms with van der Waals surface area (Å²) < 4.78 is 27.0. The third kappa shape index (κ3) is 10.4. The first-order valence-electron chi connectivity index (χ1n) is 20.3. The maximum absolute atomic E-state index is 15.0. The monoisotopic (exact) mass is 843 g/mol. The second-order valence-corrected chi connectivity index (χ2v) is 15.0. The Kier molecular flexibility index (Phi) is 14.7. The summed E-state index contributed by atoms with van der Waals surface area (Å²) in [6, 6.07) is 27.7. The topological polar surface area (TPSA) is 173 Å². The molecule has 0 saturated carbocycles. The van der Waals surface area contributed by atoms with E-state index >= 15 is 9.59 Å². The van der Waals surface area contributed by atoms with Crippen molar-refractivity contribution >= 4 is 11.6 Å². The van der Waals surface area contributed by atoms with Gasteiger partial charge in [-0.1, -0.05) is 36.4 Å². The van der Waals surface area contributed by atoms with Gasteiger partial charge in [-0.2, -0.15) is 0 Å². The van der Waals surface area contributed by atoms with Gasteiger partial charge in [0.2, 0.25) is 0 Å². The van der Waals surface area contributed by atoms with Crippen molar-refractivity contribution in [3.63, 3.8) is 0 Å². The molecule has 1 heterocycles. The van der Waals surface area contributed by atoms with Gasteiger partial charge in [0.15, 0.2) is 57.6 Å². The van der Waals surface area contributed by atoms with E-state index in [1.165, 1.54) is 40.6 Å². The van der Waals surface area contributed by atoms with Crippen molar-refractivity contribution in [2.75, 3.05) is 35.5 Å². The van der Waals surface area contributed by atoms with Crippen molar-refractivity contribution in [2.45, 2.75) is 57.3 Å². The van der Waals surface area contributed by atoms with Crippen molar-refractivity contribution in [1.29, 1.82) is 0 Å². The van der Waals surface area contributed by atoms with Crippen LogP contribution >= 0.6 is 0 Å². The molecule has 6 rings (SSSR count). The van der Waals surface area contributed by atoms with Crippen molar-refractivity contribution in [2.24, 2.45) is 0 Å². The SMILES string of the molecule is COc1ccc(C2C(C(=O)CCc3ccc(O)c(OC)c3)=C(CCc3ccc(O)c(OC)c3)NC(CCc3ccc(O)c(OC)c3)=C2C(=O)CCc2ccc(O)c(OC)c2)cc1. The lowest BCUT2D eigenvalue weighted by Crippen LogP contribution is -2.33. The van der Waals surface area contributed by atoms with E-state index in [9.17, 15) is 20.4 Å². The van der Waals surface area contributed by atoms with Crippen molar-refractivity contribution in [3.05, 3.63) is 147 Å². The van der Waals surface area contributed by atoms with E-state index in [1.54, 1.807) is 55.6 Å². The maximum atomic E-state index is 15.0.